The van der Waals surface area contributed by atoms with Crippen molar-refractivity contribution in [3.8, 4) is 11.5 Å². The van der Waals surface area contributed by atoms with E-state index in [2.05, 4.69) is 4.98 Å². The van der Waals surface area contributed by atoms with Gasteiger partial charge in [0.2, 0.25) is 0 Å². The minimum atomic E-state index is -0.617. The van der Waals surface area contributed by atoms with Crippen LogP contribution in [0.2, 0.25) is 0 Å². The number of rotatable bonds is 10. The molecule has 0 aliphatic carbocycles. The molecule has 2 heterocycles. The lowest BCUT2D eigenvalue weighted by atomic mass is 10.1. The molecule has 198 valence electrons. The minimum Gasteiger partial charge on any atom is -0.466 e. The Labute approximate surface area is 215 Å². The van der Waals surface area contributed by atoms with E-state index >= 15 is 0 Å². The van der Waals surface area contributed by atoms with Gasteiger partial charge in [0.25, 0.3) is 5.56 Å². The fraction of sp³-hybridized carbons (Fsp3) is 0.296. The fourth-order valence-electron chi connectivity index (χ4n) is 3.87. The van der Waals surface area contributed by atoms with E-state index in [9.17, 15) is 24.0 Å². The summed E-state index contributed by atoms with van der Waals surface area (Å²) < 4.78 is 26.1. The number of carbonyl (C=O) groups is 4. The molecule has 2 aromatic carbocycles. The van der Waals surface area contributed by atoms with Crippen LogP contribution in [-0.4, -0.2) is 42.1 Å². The molecular formula is C27H25NO10. The molecule has 0 aliphatic rings. The second-order valence-corrected chi connectivity index (χ2v) is 8.18. The maximum absolute atomic E-state index is 12.9. The van der Waals surface area contributed by atoms with Crippen LogP contribution in [0.5, 0.6) is 11.5 Å². The van der Waals surface area contributed by atoms with Crippen molar-refractivity contribution >= 4 is 56.7 Å². The zero-order valence-electron chi connectivity index (χ0n) is 20.8. The Bertz CT molecular complexity index is 1600. The van der Waals surface area contributed by atoms with Crippen molar-refractivity contribution in [1.82, 2.24) is 4.98 Å². The third-order valence-electron chi connectivity index (χ3n) is 5.51. The molecule has 0 radical (unpaired) electrons. The van der Waals surface area contributed by atoms with Crippen molar-refractivity contribution in [3.05, 3.63) is 46.8 Å². The maximum Gasteiger partial charge on any atom is 0.311 e. The summed E-state index contributed by atoms with van der Waals surface area (Å²) in [6.07, 6.45) is -0.480. The average molecular weight is 523 g/mol. The van der Waals surface area contributed by atoms with E-state index < -0.39 is 29.4 Å². The highest BCUT2D eigenvalue weighted by Crippen LogP contribution is 2.34. The summed E-state index contributed by atoms with van der Waals surface area (Å²) in [6.45, 7) is 3.81. The Morgan fingerprint density at radius 1 is 0.737 bits per heavy atom. The Kier molecular flexibility index (Phi) is 8.05. The van der Waals surface area contributed by atoms with Gasteiger partial charge in [0.05, 0.1) is 49.8 Å². The Balaban J connectivity index is 1.55. The van der Waals surface area contributed by atoms with E-state index in [0.717, 1.165) is 0 Å². The number of benzene rings is 2. The largest absolute Gasteiger partial charge is 0.466 e. The summed E-state index contributed by atoms with van der Waals surface area (Å²) >= 11 is 0. The van der Waals surface area contributed by atoms with Crippen molar-refractivity contribution in [2.45, 2.75) is 39.5 Å². The Morgan fingerprint density at radius 2 is 1.26 bits per heavy atom. The van der Waals surface area contributed by atoms with E-state index in [1.165, 1.54) is 18.2 Å². The van der Waals surface area contributed by atoms with E-state index in [-0.39, 0.29) is 50.4 Å². The monoisotopic (exact) mass is 523 g/mol. The molecule has 0 bridgehead atoms. The highest BCUT2D eigenvalue weighted by atomic mass is 16.5. The van der Waals surface area contributed by atoms with Crippen LogP contribution < -0.4 is 15.0 Å². The predicted molar refractivity (Wildman–Crippen MR) is 135 cm³/mol. The smallest absolute Gasteiger partial charge is 0.311 e. The molecule has 0 fully saturated rings. The van der Waals surface area contributed by atoms with E-state index in [1.807, 2.05) is 0 Å². The summed E-state index contributed by atoms with van der Waals surface area (Å²) in [7, 11) is 0. The van der Waals surface area contributed by atoms with Gasteiger partial charge in [-0.05, 0) is 38.1 Å². The summed E-state index contributed by atoms with van der Waals surface area (Å²) in [4.78, 5) is 62.7. The van der Waals surface area contributed by atoms with E-state index in [1.54, 1.807) is 32.0 Å². The van der Waals surface area contributed by atoms with Gasteiger partial charge in [-0.1, -0.05) is 0 Å². The van der Waals surface area contributed by atoms with Gasteiger partial charge < -0.3 is 28.3 Å². The van der Waals surface area contributed by atoms with Crippen LogP contribution in [0.15, 0.2) is 45.6 Å². The fourth-order valence-corrected chi connectivity index (χ4v) is 3.87. The second-order valence-electron chi connectivity index (χ2n) is 8.18. The molecule has 0 unspecified atom stereocenters. The molecule has 4 aromatic rings. The van der Waals surface area contributed by atoms with Crippen molar-refractivity contribution in [2.24, 2.45) is 0 Å². The normalized spacial score (nSPS) is 11.0. The van der Waals surface area contributed by atoms with E-state index in [0.29, 0.717) is 32.8 Å². The summed E-state index contributed by atoms with van der Waals surface area (Å²) in [6, 6.07) is 9.30. The molecule has 0 spiro atoms. The lowest BCUT2D eigenvalue weighted by molar-refractivity contribution is -0.146. The highest BCUT2D eigenvalue weighted by molar-refractivity contribution is 6.13. The van der Waals surface area contributed by atoms with Crippen molar-refractivity contribution in [1.29, 1.82) is 0 Å². The molecule has 0 atom stereocenters. The number of furan rings is 1. The first-order chi connectivity index (χ1) is 18.3. The van der Waals surface area contributed by atoms with Gasteiger partial charge in [-0.15, -0.1) is 0 Å². The molecule has 1 N–H and O–H groups in total. The number of H-pyrrole nitrogens is 1. The molecule has 0 saturated heterocycles. The van der Waals surface area contributed by atoms with Crippen LogP contribution in [-0.2, 0) is 28.7 Å². The van der Waals surface area contributed by atoms with Crippen molar-refractivity contribution in [2.75, 3.05) is 13.2 Å². The Morgan fingerprint density at radius 3 is 1.84 bits per heavy atom. The summed E-state index contributed by atoms with van der Waals surface area (Å²) in [5, 5.41) is 1.39. The van der Waals surface area contributed by atoms with Crippen molar-refractivity contribution < 1.29 is 42.5 Å². The number of fused-ring (bicyclic) bond motifs is 5. The van der Waals surface area contributed by atoms with Gasteiger partial charge in [0, 0.05) is 22.9 Å². The van der Waals surface area contributed by atoms with Gasteiger partial charge in [0.1, 0.15) is 22.7 Å². The summed E-state index contributed by atoms with van der Waals surface area (Å²) in [5.74, 6) is -1.82. The number of hydrogen-bond acceptors (Lipinski definition) is 10. The molecule has 0 saturated carbocycles. The second kappa shape index (κ2) is 11.6. The number of pyridine rings is 1. The molecule has 38 heavy (non-hydrogen) atoms. The van der Waals surface area contributed by atoms with Gasteiger partial charge in [-0.25, -0.2) is 0 Å². The lowest BCUT2D eigenvalue weighted by Crippen LogP contribution is -2.12. The predicted octanol–water partition coefficient (Wildman–Crippen LogP) is 3.92. The lowest BCUT2D eigenvalue weighted by Gasteiger charge is -2.06. The third-order valence-corrected chi connectivity index (χ3v) is 5.51. The first-order valence-corrected chi connectivity index (χ1v) is 12.0. The SMILES string of the molecule is CCOC(=O)CCC(=O)Oc1ccc2c(c1)[nH]c(=O)c1c3ccc(OC(=O)CCC(=O)OCC)cc3oc21. The maximum atomic E-state index is 12.9. The molecule has 0 amide bonds. The quantitative estimate of drug-likeness (QED) is 0.239. The van der Waals surface area contributed by atoms with Crippen LogP contribution in [0.25, 0.3) is 32.8 Å². The van der Waals surface area contributed by atoms with Crippen LogP contribution in [0.1, 0.15) is 39.5 Å². The number of ether oxygens (including phenoxy) is 4. The highest BCUT2D eigenvalue weighted by Gasteiger charge is 2.17. The molecular weight excluding hydrogens is 498 g/mol. The molecule has 0 aliphatic heterocycles. The first-order valence-electron chi connectivity index (χ1n) is 12.0. The van der Waals surface area contributed by atoms with Gasteiger partial charge >= 0.3 is 23.9 Å². The zero-order chi connectivity index (χ0) is 27.2. The van der Waals surface area contributed by atoms with Crippen LogP contribution >= 0.6 is 0 Å². The van der Waals surface area contributed by atoms with Crippen LogP contribution in [0, 0.1) is 0 Å². The van der Waals surface area contributed by atoms with E-state index in [4.69, 9.17) is 23.4 Å². The van der Waals surface area contributed by atoms with Gasteiger partial charge in [0.15, 0.2) is 0 Å². The number of esters is 4. The van der Waals surface area contributed by atoms with Crippen LogP contribution in [0.3, 0.4) is 0 Å². The number of nitrogens with one attached hydrogen (secondary N) is 1. The molecule has 11 nitrogen and oxygen atoms in total. The number of aromatic amines is 1. The molecule has 4 rings (SSSR count). The molecule has 2 aromatic heterocycles. The minimum absolute atomic E-state index is 0.0936. The average Bonchev–Trinajstić information content (AvgIpc) is 3.26. The van der Waals surface area contributed by atoms with Crippen molar-refractivity contribution in [3.63, 3.8) is 0 Å². The Hall–Kier alpha value is -4.67. The topological polar surface area (TPSA) is 151 Å². The first kappa shape index (κ1) is 26.4. The molecule has 11 heteroatoms. The van der Waals surface area contributed by atoms with Gasteiger partial charge in [-0.2, -0.15) is 0 Å². The standard InChI is InChI=1S/C27H25NO10/c1-3-34-21(29)9-11-23(31)36-15-5-7-17-19(13-15)28-27(33)25-18-8-6-16(14-20(18)38-26(17)25)37-24(32)12-10-22(30)35-4-2/h5-8,13-14H,3-4,9-12H2,1-2H3,(H,28,33). The van der Waals surface area contributed by atoms with Gasteiger partial charge in [-0.3, -0.25) is 24.0 Å². The number of aromatic nitrogens is 1. The number of hydrogen-bond donors (Lipinski definition) is 1. The van der Waals surface area contributed by atoms with Crippen LogP contribution in [0.4, 0.5) is 0 Å². The third kappa shape index (κ3) is 6.00. The zero-order valence-corrected chi connectivity index (χ0v) is 20.8. The number of carbonyl (C=O) groups excluding carboxylic acids is 4. The summed E-state index contributed by atoms with van der Waals surface area (Å²) in [5.41, 5.74) is 0.590.